The topological polar surface area (TPSA) is 35.5 Å². The van der Waals surface area contributed by atoms with Gasteiger partial charge in [-0.05, 0) is 57.2 Å². The second-order valence-corrected chi connectivity index (χ2v) is 6.35. The van der Waals surface area contributed by atoms with E-state index in [1.807, 2.05) is 0 Å². The van der Waals surface area contributed by atoms with Crippen molar-refractivity contribution in [3.63, 3.8) is 0 Å². The van der Waals surface area contributed by atoms with Gasteiger partial charge in [-0.3, -0.25) is 0 Å². The van der Waals surface area contributed by atoms with Crippen LogP contribution in [0.4, 0.5) is 0 Å². The third-order valence-electron chi connectivity index (χ3n) is 3.83. The average Bonchev–Trinajstić information content (AvgIpc) is 2.35. The Balaban J connectivity index is 2.02. The third-order valence-corrected chi connectivity index (χ3v) is 3.83. The van der Waals surface area contributed by atoms with E-state index in [4.69, 9.17) is 5.11 Å². The van der Waals surface area contributed by atoms with Crippen LogP contribution < -0.4 is 5.32 Å². The standard InChI is InChI=1S/C15H32N2O/c1-13(2)11-17-9-6-15(7-10-17)16-8-4-5-14(3)12-18/h13-16,18H,4-12H2,1-3H3. The number of rotatable bonds is 8. The van der Waals surface area contributed by atoms with E-state index in [-0.39, 0.29) is 0 Å². The van der Waals surface area contributed by atoms with Gasteiger partial charge in [0, 0.05) is 19.2 Å². The Morgan fingerprint density at radius 1 is 1.22 bits per heavy atom. The van der Waals surface area contributed by atoms with Crippen molar-refractivity contribution >= 4 is 0 Å². The third kappa shape index (κ3) is 6.72. The summed E-state index contributed by atoms with van der Waals surface area (Å²) < 4.78 is 0. The largest absolute Gasteiger partial charge is 0.396 e. The lowest BCUT2D eigenvalue weighted by Gasteiger charge is -2.33. The van der Waals surface area contributed by atoms with Crippen molar-refractivity contribution in [2.24, 2.45) is 11.8 Å². The first-order chi connectivity index (χ1) is 8.61. The Morgan fingerprint density at radius 3 is 2.44 bits per heavy atom. The molecule has 0 aromatic rings. The second-order valence-electron chi connectivity index (χ2n) is 6.35. The molecule has 0 radical (unpaired) electrons. The maximum atomic E-state index is 8.96. The summed E-state index contributed by atoms with van der Waals surface area (Å²) in [5, 5.41) is 12.6. The van der Waals surface area contributed by atoms with E-state index in [1.54, 1.807) is 0 Å². The fourth-order valence-electron chi connectivity index (χ4n) is 2.68. The van der Waals surface area contributed by atoms with E-state index >= 15 is 0 Å². The van der Waals surface area contributed by atoms with Crippen molar-refractivity contribution in [2.75, 3.05) is 32.8 Å². The molecule has 2 N–H and O–H groups in total. The van der Waals surface area contributed by atoms with Crippen molar-refractivity contribution in [3.05, 3.63) is 0 Å². The zero-order valence-electron chi connectivity index (χ0n) is 12.5. The molecule has 0 saturated carbocycles. The normalized spacial score (nSPS) is 20.5. The number of nitrogens with one attached hydrogen (secondary N) is 1. The first kappa shape index (κ1) is 15.9. The lowest BCUT2D eigenvalue weighted by Crippen LogP contribution is -2.43. The van der Waals surface area contributed by atoms with E-state index in [1.165, 1.54) is 38.9 Å². The van der Waals surface area contributed by atoms with Gasteiger partial charge in [-0.1, -0.05) is 20.8 Å². The predicted octanol–water partition coefficient (Wildman–Crippen LogP) is 2.10. The van der Waals surface area contributed by atoms with Crippen LogP contribution in [0.15, 0.2) is 0 Å². The maximum absolute atomic E-state index is 8.96. The molecule has 1 heterocycles. The van der Waals surface area contributed by atoms with E-state index in [0.29, 0.717) is 12.5 Å². The molecule has 1 rings (SSSR count). The molecule has 0 aliphatic carbocycles. The molecular weight excluding hydrogens is 224 g/mol. The minimum atomic E-state index is 0.327. The molecule has 18 heavy (non-hydrogen) atoms. The highest BCUT2D eigenvalue weighted by atomic mass is 16.3. The molecule has 1 aliphatic rings. The van der Waals surface area contributed by atoms with Crippen LogP contribution in [0, 0.1) is 11.8 Å². The van der Waals surface area contributed by atoms with Crippen molar-refractivity contribution in [2.45, 2.75) is 52.5 Å². The van der Waals surface area contributed by atoms with Crippen molar-refractivity contribution in [3.8, 4) is 0 Å². The van der Waals surface area contributed by atoms with Crippen LogP contribution in [0.3, 0.4) is 0 Å². The molecule has 1 aliphatic heterocycles. The Labute approximate surface area is 113 Å². The smallest absolute Gasteiger partial charge is 0.0456 e. The molecule has 3 heteroatoms. The highest BCUT2D eigenvalue weighted by Gasteiger charge is 2.18. The molecule has 0 aromatic carbocycles. The number of nitrogens with zero attached hydrogens (tertiary/aromatic N) is 1. The Morgan fingerprint density at radius 2 is 1.89 bits per heavy atom. The second kappa shape index (κ2) is 8.89. The van der Waals surface area contributed by atoms with E-state index in [9.17, 15) is 0 Å². The first-order valence-electron chi connectivity index (χ1n) is 7.68. The Hall–Kier alpha value is -0.120. The minimum absolute atomic E-state index is 0.327. The van der Waals surface area contributed by atoms with E-state index in [2.05, 4.69) is 31.0 Å². The Kier molecular flexibility index (Phi) is 7.87. The average molecular weight is 256 g/mol. The molecule has 1 unspecified atom stereocenters. The summed E-state index contributed by atoms with van der Waals surface area (Å²) in [4.78, 5) is 2.59. The lowest BCUT2D eigenvalue weighted by atomic mass is 10.0. The van der Waals surface area contributed by atoms with Crippen molar-refractivity contribution in [1.29, 1.82) is 0 Å². The molecule has 1 saturated heterocycles. The number of hydrogen-bond acceptors (Lipinski definition) is 3. The van der Waals surface area contributed by atoms with Crippen LogP contribution in [0.1, 0.15) is 46.5 Å². The minimum Gasteiger partial charge on any atom is -0.396 e. The van der Waals surface area contributed by atoms with Gasteiger partial charge < -0.3 is 15.3 Å². The van der Waals surface area contributed by atoms with Gasteiger partial charge in [-0.15, -0.1) is 0 Å². The van der Waals surface area contributed by atoms with Gasteiger partial charge in [0.1, 0.15) is 0 Å². The Bertz CT molecular complexity index is 201. The molecule has 108 valence electrons. The molecule has 3 nitrogen and oxygen atoms in total. The quantitative estimate of drug-likeness (QED) is 0.653. The highest BCUT2D eigenvalue weighted by molar-refractivity contribution is 4.77. The van der Waals surface area contributed by atoms with Crippen LogP contribution in [0.5, 0.6) is 0 Å². The highest BCUT2D eigenvalue weighted by Crippen LogP contribution is 2.12. The molecule has 0 aromatic heterocycles. The van der Waals surface area contributed by atoms with Gasteiger partial charge in [-0.25, -0.2) is 0 Å². The molecule has 1 fully saturated rings. The van der Waals surface area contributed by atoms with Gasteiger partial charge in [0.15, 0.2) is 0 Å². The SMILES string of the molecule is CC(C)CN1CCC(NCCCC(C)CO)CC1. The van der Waals surface area contributed by atoms with Gasteiger partial charge >= 0.3 is 0 Å². The summed E-state index contributed by atoms with van der Waals surface area (Å²) in [6, 6.07) is 0.720. The number of piperidine rings is 1. The summed E-state index contributed by atoms with van der Waals surface area (Å²) >= 11 is 0. The molecular formula is C15H32N2O. The van der Waals surface area contributed by atoms with E-state index in [0.717, 1.165) is 24.9 Å². The van der Waals surface area contributed by atoms with Crippen molar-refractivity contribution in [1.82, 2.24) is 10.2 Å². The number of aliphatic hydroxyl groups is 1. The van der Waals surface area contributed by atoms with Gasteiger partial charge in [0.25, 0.3) is 0 Å². The molecule has 0 bridgehead atoms. The van der Waals surface area contributed by atoms with E-state index < -0.39 is 0 Å². The van der Waals surface area contributed by atoms with Gasteiger partial charge in [0.05, 0.1) is 0 Å². The molecule has 0 spiro atoms. The van der Waals surface area contributed by atoms with Crippen LogP contribution >= 0.6 is 0 Å². The summed E-state index contributed by atoms with van der Waals surface area (Å²) in [6.45, 7) is 11.9. The van der Waals surface area contributed by atoms with Crippen LogP contribution in [-0.4, -0.2) is 48.8 Å². The summed E-state index contributed by atoms with van der Waals surface area (Å²) in [7, 11) is 0. The van der Waals surface area contributed by atoms with Crippen LogP contribution in [-0.2, 0) is 0 Å². The summed E-state index contributed by atoms with van der Waals surface area (Å²) in [5.41, 5.74) is 0. The fraction of sp³-hybridized carbons (Fsp3) is 1.00. The van der Waals surface area contributed by atoms with Crippen LogP contribution in [0.25, 0.3) is 0 Å². The molecule has 1 atom stereocenters. The summed E-state index contributed by atoms with van der Waals surface area (Å²) in [5.74, 6) is 1.24. The maximum Gasteiger partial charge on any atom is 0.0456 e. The van der Waals surface area contributed by atoms with Crippen molar-refractivity contribution < 1.29 is 5.11 Å². The number of hydrogen-bond donors (Lipinski definition) is 2. The van der Waals surface area contributed by atoms with Crippen LogP contribution in [0.2, 0.25) is 0 Å². The predicted molar refractivity (Wildman–Crippen MR) is 77.8 cm³/mol. The summed E-state index contributed by atoms with van der Waals surface area (Å²) in [6.07, 6.45) is 4.91. The zero-order chi connectivity index (χ0) is 13.4. The van der Waals surface area contributed by atoms with Gasteiger partial charge in [0.2, 0.25) is 0 Å². The van der Waals surface area contributed by atoms with Gasteiger partial charge in [-0.2, -0.15) is 0 Å². The fourth-order valence-corrected chi connectivity index (χ4v) is 2.68. The molecule has 0 amide bonds. The number of aliphatic hydroxyl groups excluding tert-OH is 1. The zero-order valence-corrected chi connectivity index (χ0v) is 12.5. The lowest BCUT2D eigenvalue weighted by molar-refractivity contribution is 0.179. The first-order valence-corrected chi connectivity index (χ1v) is 7.68. The number of likely N-dealkylation sites (tertiary alicyclic amines) is 1. The monoisotopic (exact) mass is 256 g/mol.